The number of nitrogens with zero attached hydrogens (tertiary/aromatic N) is 1. The minimum Gasteiger partial charge on any atom is -0.272 e. The molecule has 4 heteroatoms. The van der Waals surface area contributed by atoms with E-state index in [0.717, 1.165) is 30.4 Å². The van der Waals surface area contributed by atoms with Crippen LogP contribution in [-0.2, 0) is 4.79 Å². The summed E-state index contributed by atoms with van der Waals surface area (Å²) in [5, 5.41) is 1.65. The van der Waals surface area contributed by atoms with Crippen molar-refractivity contribution < 1.29 is 9.59 Å². The number of hydrazine groups is 1. The number of aryl methyl sites for hydroxylation is 2. The second-order valence-electron chi connectivity index (χ2n) is 10.8. The van der Waals surface area contributed by atoms with Crippen molar-refractivity contribution in [1.29, 1.82) is 0 Å². The van der Waals surface area contributed by atoms with Crippen molar-refractivity contribution >= 4 is 11.8 Å². The molecule has 0 heterocycles. The Morgan fingerprint density at radius 1 is 0.929 bits per heavy atom. The first kappa shape index (κ1) is 19.5. The molecule has 2 amide bonds. The van der Waals surface area contributed by atoms with Gasteiger partial charge in [-0.15, -0.1) is 0 Å². The monoisotopic (exact) mass is 382 g/mol. The molecule has 0 unspecified atom stereocenters. The number of benzene rings is 1. The van der Waals surface area contributed by atoms with Crippen molar-refractivity contribution in [2.45, 2.75) is 78.7 Å². The Kier molecular flexibility index (Phi) is 4.59. The third-order valence-corrected chi connectivity index (χ3v) is 7.06. The van der Waals surface area contributed by atoms with E-state index in [9.17, 15) is 9.59 Å². The predicted octanol–water partition coefficient (Wildman–Crippen LogP) is 4.79. The summed E-state index contributed by atoms with van der Waals surface area (Å²) >= 11 is 0. The summed E-state index contributed by atoms with van der Waals surface area (Å²) in [6.45, 7) is 10.0. The molecule has 0 saturated heterocycles. The maximum atomic E-state index is 13.9. The van der Waals surface area contributed by atoms with Crippen LogP contribution < -0.4 is 5.43 Å². The molecule has 0 radical (unpaired) electrons. The lowest BCUT2D eigenvalue weighted by atomic mass is 9.49. The Morgan fingerprint density at radius 3 is 1.82 bits per heavy atom. The Morgan fingerprint density at radius 2 is 1.39 bits per heavy atom. The minimum absolute atomic E-state index is 0.136. The molecule has 4 fully saturated rings. The normalized spacial score (nSPS) is 31.0. The molecule has 1 aromatic rings. The lowest BCUT2D eigenvalue weighted by Gasteiger charge is -2.57. The van der Waals surface area contributed by atoms with E-state index in [1.165, 1.54) is 19.3 Å². The van der Waals surface area contributed by atoms with Gasteiger partial charge in [0, 0.05) is 5.56 Å². The molecule has 0 spiro atoms. The van der Waals surface area contributed by atoms with Gasteiger partial charge >= 0.3 is 0 Å². The molecular formula is C24H34N2O2. The number of hydrogen-bond acceptors (Lipinski definition) is 2. The summed E-state index contributed by atoms with van der Waals surface area (Å²) in [6.07, 6.45) is 6.92. The number of carbonyl (C=O) groups excluding carboxylic acids is 2. The zero-order valence-corrected chi connectivity index (χ0v) is 18.0. The van der Waals surface area contributed by atoms with Gasteiger partial charge in [-0.25, -0.2) is 5.01 Å². The van der Waals surface area contributed by atoms with Gasteiger partial charge < -0.3 is 0 Å². The zero-order chi connectivity index (χ0) is 20.3. The first-order valence-electron chi connectivity index (χ1n) is 10.8. The van der Waals surface area contributed by atoms with Crippen LogP contribution in [-0.4, -0.2) is 22.4 Å². The topological polar surface area (TPSA) is 49.4 Å². The largest absolute Gasteiger partial charge is 0.272 e. The fourth-order valence-electron chi connectivity index (χ4n) is 6.40. The molecular weight excluding hydrogens is 348 g/mol. The Hall–Kier alpha value is -1.84. The van der Waals surface area contributed by atoms with Gasteiger partial charge in [0.15, 0.2) is 0 Å². The fourth-order valence-corrected chi connectivity index (χ4v) is 6.40. The van der Waals surface area contributed by atoms with Crippen LogP contribution in [0.2, 0.25) is 0 Å². The highest BCUT2D eigenvalue weighted by Crippen LogP contribution is 2.60. The van der Waals surface area contributed by atoms with Gasteiger partial charge in [0.05, 0.1) is 11.0 Å². The SMILES string of the molecule is Cc1cc(C)cc(C(=O)NN(C(=O)C23CC4CC(CC(C4)C2)C3)C(C)(C)C)c1. The molecule has 4 aliphatic carbocycles. The maximum Gasteiger partial charge on any atom is 0.269 e. The third-order valence-electron chi connectivity index (χ3n) is 7.06. The second kappa shape index (κ2) is 6.60. The molecule has 4 bridgehead atoms. The maximum absolute atomic E-state index is 13.9. The van der Waals surface area contributed by atoms with Gasteiger partial charge in [-0.05, 0) is 103 Å². The van der Waals surface area contributed by atoms with E-state index in [1.54, 1.807) is 5.01 Å². The average Bonchev–Trinajstić information content (AvgIpc) is 2.55. The number of nitrogens with one attached hydrogen (secondary N) is 1. The standard InChI is InChI=1S/C24H34N2O2/c1-15-6-16(2)8-20(7-15)21(27)25-26(23(3,4)5)22(28)24-12-17-9-18(13-24)11-19(10-17)14-24/h6-8,17-19H,9-14H2,1-5H3,(H,25,27). The molecule has 5 rings (SSSR count). The molecule has 4 nitrogen and oxygen atoms in total. The van der Waals surface area contributed by atoms with Crippen molar-refractivity contribution in [3.63, 3.8) is 0 Å². The summed E-state index contributed by atoms with van der Waals surface area (Å²) in [6, 6.07) is 5.83. The smallest absolute Gasteiger partial charge is 0.269 e. The molecule has 152 valence electrons. The fraction of sp³-hybridized carbons (Fsp3) is 0.667. The van der Waals surface area contributed by atoms with E-state index in [-0.39, 0.29) is 17.2 Å². The van der Waals surface area contributed by atoms with Crippen molar-refractivity contribution in [3.05, 3.63) is 34.9 Å². The van der Waals surface area contributed by atoms with Crippen molar-refractivity contribution in [1.82, 2.24) is 10.4 Å². The summed E-state index contributed by atoms with van der Waals surface area (Å²) in [7, 11) is 0. The quantitative estimate of drug-likeness (QED) is 0.748. The number of hydrogen-bond donors (Lipinski definition) is 1. The summed E-state index contributed by atoms with van der Waals surface area (Å²) in [5.74, 6) is 2.04. The molecule has 0 aliphatic heterocycles. The molecule has 0 atom stereocenters. The molecule has 1 aromatic carbocycles. The first-order chi connectivity index (χ1) is 13.1. The van der Waals surface area contributed by atoms with Crippen LogP contribution in [0, 0.1) is 37.0 Å². The minimum atomic E-state index is -0.463. The summed E-state index contributed by atoms with van der Waals surface area (Å²) in [4.78, 5) is 26.9. The molecule has 4 aliphatic rings. The van der Waals surface area contributed by atoms with Gasteiger partial charge in [0.2, 0.25) is 5.91 Å². The predicted molar refractivity (Wildman–Crippen MR) is 111 cm³/mol. The van der Waals surface area contributed by atoms with Crippen LogP contribution >= 0.6 is 0 Å². The van der Waals surface area contributed by atoms with Gasteiger partial charge in [0.1, 0.15) is 0 Å². The first-order valence-corrected chi connectivity index (χ1v) is 10.8. The van der Waals surface area contributed by atoms with E-state index in [4.69, 9.17) is 0 Å². The lowest BCUT2D eigenvalue weighted by Crippen LogP contribution is -2.63. The molecule has 0 aromatic heterocycles. The van der Waals surface area contributed by atoms with Crippen molar-refractivity contribution in [2.75, 3.05) is 0 Å². The summed E-state index contributed by atoms with van der Waals surface area (Å²) < 4.78 is 0. The average molecular weight is 383 g/mol. The van der Waals surface area contributed by atoms with E-state index < -0.39 is 5.54 Å². The van der Waals surface area contributed by atoms with E-state index in [0.29, 0.717) is 23.3 Å². The molecule has 28 heavy (non-hydrogen) atoms. The Bertz CT molecular complexity index is 750. The summed E-state index contributed by atoms with van der Waals surface area (Å²) in [5.41, 5.74) is 4.99. The van der Waals surface area contributed by atoms with Crippen LogP contribution in [0.15, 0.2) is 18.2 Å². The van der Waals surface area contributed by atoms with E-state index in [2.05, 4.69) is 11.5 Å². The lowest BCUT2D eigenvalue weighted by molar-refractivity contribution is -0.166. The number of rotatable bonds is 2. The van der Waals surface area contributed by atoms with Crippen LogP contribution in [0.1, 0.15) is 80.8 Å². The van der Waals surface area contributed by atoms with Gasteiger partial charge in [-0.3, -0.25) is 15.0 Å². The third kappa shape index (κ3) is 3.46. The highest BCUT2D eigenvalue weighted by atomic mass is 16.2. The van der Waals surface area contributed by atoms with Gasteiger partial charge in [-0.1, -0.05) is 17.2 Å². The van der Waals surface area contributed by atoms with Crippen LogP contribution in [0.3, 0.4) is 0 Å². The highest BCUT2D eigenvalue weighted by Gasteiger charge is 2.56. The van der Waals surface area contributed by atoms with Gasteiger partial charge in [-0.2, -0.15) is 0 Å². The highest BCUT2D eigenvalue weighted by molar-refractivity contribution is 5.96. The zero-order valence-electron chi connectivity index (χ0n) is 18.0. The van der Waals surface area contributed by atoms with Gasteiger partial charge in [0.25, 0.3) is 5.91 Å². The molecule has 4 saturated carbocycles. The second-order valence-corrected chi connectivity index (χ2v) is 10.8. The molecule has 1 N–H and O–H groups in total. The van der Waals surface area contributed by atoms with E-state index >= 15 is 0 Å². The Balaban J connectivity index is 1.60. The van der Waals surface area contributed by atoms with Crippen LogP contribution in [0.4, 0.5) is 0 Å². The van der Waals surface area contributed by atoms with Crippen LogP contribution in [0.5, 0.6) is 0 Å². The number of amides is 2. The van der Waals surface area contributed by atoms with E-state index in [1.807, 2.05) is 46.8 Å². The number of carbonyl (C=O) groups is 2. The van der Waals surface area contributed by atoms with Crippen molar-refractivity contribution in [2.24, 2.45) is 23.2 Å². The van der Waals surface area contributed by atoms with Crippen molar-refractivity contribution in [3.8, 4) is 0 Å². The van der Waals surface area contributed by atoms with Crippen LogP contribution in [0.25, 0.3) is 0 Å². The Labute approximate surface area is 169 Å².